The Bertz CT molecular complexity index is 932. The number of amides is 1. The molecular formula is C21H27NO4S. The average molecular weight is 390 g/mol. The summed E-state index contributed by atoms with van der Waals surface area (Å²) in [7, 11) is -4.26. The number of primary amides is 1. The van der Waals surface area contributed by atoms with Gasteiger partial charge >= 0.3 is 10.1 Å². The van der Waals surface area contributed by atoms with Gasteiger partial charge in [0, 0.05) is 11.1 Å². The van der Waals surface area contributed by atoms with E-state index in [0.29, 0.717) is 5.75 Å². The fraction of sp³-hybridized carbons (Fsp3) is 0.381. The van der Waals surface area contributed by atoms with Gasteiger partial charge in [-0.05, 0) is 23.0 Å². The normalized spacial score (nSPS) is 12.7. The van der Waals surface area contributed by atoms with Crippen LogP contribution in [0.25, 0.3) is 0 Å². The third-order valence-electron chi connectivity index (χ3n) is 4.25. The summed E-state index contributed by atoms with van der Waals surface area (Å²) in [5.41, 5.74) is 6.12. The van der Waals surface area contributed by atoms with Crippen LogP contribution in [0.4, 0.5) is 0 Å². The molecule has 146 valence electrons. The van der Waals surface area contributed by atoms with Gasteiger partial charge < -0.3 is 9.92 Å². The predicted molar refractivity (Wildman–Crippen MR) is 107 cm³/mol. The van der Waals surface area contributed by atoms with E-state index >= 15 is 0 Å². The summed E-state index contributed by atoms with van der Waals surface area (Å²) in [5, 5.41) is 0. The Balaban J connectivity index is 2.71. The highest BCUT2D eigenvalue weighted by Gasteiger charge is 2.31. The van der Waals surface area contributed by atoms with Crippen LogP contribution in [0.2, 0.25) is 0 Å². The zero-order chi connectivity index (χ0) is 20.6. The first-order valence-electron chi connectivity index (χ1n) is 8.72. The summed E-state index contributed by atoms with van der Waals surface area (Å²) in [6, 6.07) is 11.4. The van der Waals surface area contributed by atoms with E-state index in [1.165, 1.54) is 18.2 Å². The van der Waals surface area contributed by atoms with Crippen molar-refractivity contribution in [3.8, 4) is 5.75 Å². The number of rotatable bonds is 4. The Morgan fingerprint density at radius 2 is 1.33 bits per heavy atom. The second-order valence-electron chi connectivity index (χ2n) is 8.58. The quantitative estimate of drug-likeness (QED) is 0.796. The largest absolute Gasteiger partial charge is 0.378 e. The van der Waals surface area contributed by atoms with Crippen molar-refractivity contribution in [2.75, 3.05) is 0 Å². The summed E-state index contributed by atoms with van der Waals surface area (Å²) < 4.78 is 31.8. The molecule has 2 N–H and O–H groups in total. The predicted octanol–water partition coefficient (Wildman–Crippen LogP) is 4.15. The molecule has 0 aromatic heterocycles. The maximum atomic E-state index is 13.1. The van der Waals surface area contributed by atoms with Crippen molar-refractivity contribution in [1.29, 1.82) is 0 Å². The molecule has 0 saturated carbocycles. The lowest BCUT2D eigenvalue weighted by Gasteiger charge is -2.29. The molecule has 0 aliphatic rings. The summed E-state index contributed by atoms with van der Waals surface area (Å²) >= 11 is 0. The molecule has 27 heavy (non-hydrogen) atoms. The van der Waals surface area contributed by atoms with Gasteiger partial charge in [-0.15, -0.1) is 0 Å². The second kappa shape index (κ2) is 7.00. The highest BCUT2D eigenvalue weighted by molar-refractivity contribution is 7.87. The van der Waals surface area contributed by atoms with Crippen LogP contribution in [0.1, 0.15) is 63.0 Å². The third kappa shape index (κ3) is 4.50. The molecule has 0 bridgehead atoms. The fourth-order valence-corrected chi connectivity index (χ4v) is 4.02. The van der Waals surface area contributed by atoms with Crippen LogP contribution in [0.15, 0.2) is 47.4 Å². The number of hydrogen-bond donors (Lipinski definition) is 1. The van der Waals surface area contributed by atoms with E-state index in [4.69, 9.17) is 9.92 Å². The van der Waals surface area contributed by atoms with E-state index in [2.05, 4.69) is 0 Å². The number of hydrogen-bond acceptors (Lipinski definition) is 4. The third-order valence-corrected chi connectivity index (χ3v) is 5.53. The average Bonchev–Trinajstić information content (AvgIpc) is 2.52. The summed E-state index contributed by atoms with van der Waals surface area (Å²) in [6.45, 7) is 12.0. The lowest BCUT2D eigenvalue weighted by atomic mass is 9.80. The van der Waals surface area contributed by atoms with Crippen molar-refractivity contribution >= 4 is 16.0 Å². The molecule has 0 saturated heterocycles. The number of nitrogens with two attached hydrogens (primary N) is 1. The van der Waals surface area contributed by atoms with Crippen LogP contribution < -0.4 is 9.92 Å². The molecule has 0 fully saturated rings. The van der Waals surface area contributed by atoms with Crippen molar-refractivity contribution in [1.82, 2.24) is 0 Å². The van der Waals surface area contributed by atoms with Gasteiger partial charge in [0.05, 0.1) is 5.56 Å². The molecule has 6 heteroatoms. The molecule has 1 amide bonds. The van der Waals surface area contributed by atoms with Gasteiger partial charge in [0.15, 0.2) is 0 Å². The second-order valence-corrected chi connectivity index (χ2v) is 10.1. The van der Waals surface area contributed by atoms with Gasteiger partial charge in [-0.25, -0.2) is 0 Å². The smallest absolute Gasteiger partial charge is 0.340 e. The van der Waals surface area contributed by atoms with Crippen molar-refractivity contribution in [3.63, 3.8) is 0 Å². The standard InChI is InChI=1S/C21H27NO4S/c1-20(2,3)15-11-9-12-16(21(4,5)6)18(15)26-27(24,25)17-13-8-7-10-14(17)19(22)23/h7-13H,1-6H3,(H2,22,23). The molecule has 0 aliphatic heterocycles. The number of benzene rings is 2. The van der Waals surface area contributed by atoms with E-state index in [9.17, 15) is 13.2 Å². The zero-order valence-corrected chi connectivity index (χ0v) is 17.5. The van der Waals surface area contributed by atoms with Gasteiger partial charge in [-0.2, -0.15) is 8.42 Å². The molecular weight excluding hydrogens is 362 g/mol. The van der Waals surface area contributed by atoms with E-state index in [1.807, 2.05) is 59.7 Å². The zero-order valence-electron chi connectivity index (χ0n) is 16.7. The fourth-order valence-electron chi connectivity index (χ4n) is 2.85. The van der Waals surface area contributed by atoms with E-state index in [0.717, 1.165) is 11.1 Å². The van der Waals surface area contributed by atoms with Crippen LogP contribution in [-0.4, -0.2) is 14.3 Å². The molecule has 0 atom stereocenters. The van der Waals surface area contributed by atoms with Crippen LogP contribution in [-0.2, 0) is 20.9 Å². The summed E-state index contributed by atoms with van der Waals surface area (Å²) in [5.74, 6) is -0.519. The molecule has 0 radical (unpaired) electrons. The molecule has 0 spiro atoms. The number of carbonyl (C=O) groups is 1. The Morgan fingerprint density at radius 3 is 1.78 bits per heavy atom. The highest BCUT2D eigenvalue weighted by atomic mass is 32.2. The van der Waals surface area contributed by atoms with Crippen LogP contribution in [0, 0.1) is 0 Å². The molecule has 5 nitrogen and oxygen atoms in total. The molecule has 0 unspecified atom stereocenters. The minimum Gasteiger partial charge on any atom is -0.378 e. The van der Waals surface area contributed by atoms with Crippen molar-refractivity contribution in [2.45, 2.75) is 57.3 Å². The highest BCUT2D eigenvalue weighted by Crippen LogP contribution is 2.41. The van der Waals surface area contributed by atoms with E-state index < -0.39 is 16.0 Å². The Labute approximate surface area is 161 Å². The minimum absolute atomic E-state index is 0.0944. The first kappa shape index (κ1) is 21.0. The SMILES string of the molecule is CC(C)(C)c1cccc(C(C)(C)C)c1OS(=O)(=O)c1ccccc1C(N)=O. The number of para-hydroxylation sites is 1. The maximum Gasteiger partial charge on any atom is 0.340 e. The summed E-state index contributed by atoms with van der Waals surface area (Å²) in [6.07, 6.45) is 0. The van der Waals surface area contributed by atoms with Gasteiger partial charge in [0.2, 0.25) is 5.91 Å². The lowest BCUT2D eigenvalue weighted by Crippen LogP contribution is -2.23. The van der Waals surface area contributed by atoms with Crippen LogP contribution in [0.3, 0.4) is 0 Å². The van der Waals surface area contributed by atoms with E-state index in [1.54, 1.807) is 6.07 Å². The Hall–Kier alpha value is -2.34. The van der Waals surface area contributed by atoms with Crippen molar-refractivity contribution in [2.24, 2.45) is 5.73 Å². The monoisotopic (exact) mass is 389 g/mol. The number of carbonyl (C=O) groups excluding carboxylic acids is 1. The topological polar surface area (TPSA) is 86.5 Å². The summed E-state index contributed by atoms with van der Waals surface area (Å²) in [4.78, 5) is 11.4. The van der Waals surface area contributed by atoms with Crippen molar-refractivity contribution in [3.05, 3.63) is 59.2 Å². The molecule has 0 aliphatic carbocycles. The molecule has 0 heterocycles. The van der Waals surface area contributed by atoms with Gasteiger partial charge in [-0.1, -0.05) is 71.9 Å². The first-order valence-corrected chi connectivity index (χ1v) is 10.1. The van der Waals surface area contributed by atoms with Crippen LogP contribution in [0.5, 0.6) is 5.75 Å². The van der Waals surface area contributed by atoms with Crippen LogP contribution >= 0.6 is 0 Å². The molecule has 2 rings (SSSR count). The first-order chi connectivity index (χ1) is 12.2. The van der Waals surface area contributed by atoms with E-state index in [-0.39, 0.29) is 21.3 Å². The Morgan fingerprint density at radius 1 is 0.852 bits per heavy atom. The molecule has 2 aromatic carbocycles. The molecule has 2 aromatic rings. The van der Waals surface area contributed by atoms with Gasteiger partial charge in [-0.3, -0.25) is 4.79 Å². The van der Waals surface area contributed by atoms with Gasteiger partial charge in [0.25, 0.3) is 0 Å². The van der Waals surface area contributed by atoms with Gasteiger partial charge in [0.1, 0.15) is 10.6 Å². The lowest BCUT2D eigenvalue weighted by molar-refractivity contribution is 0.0997. The van der Waals surface area contributed by atoms with Crippen molar-refractivity contribution < 1.29 is 17.4 Å². The Kier molecular flexibility index (Phi) is 5.44. The minimum atomic E-state index is -4.26. The maximum absolute atomic E-state index is 13.1.